The molecule has 2 N–H and O–H groups in total. The number of carbonyl (C=O) groups is 2. The van der Waals surface area contributed by atoms with E-state index in [9.17, 15) is 19.1 Å². The van der Waals surface area contributed by atoms with Crippen LogP contribution in [-0.4, -0.2) is 26.5 Å². The summed E-state index contributed by atoms with van der Waals surface area (Å²) in [7, 11) is 0. The number of halogens is 1. The Kier molecular flexibility index (Phi) is 4.41. The summed E-state index contributed by atoms with van der Waals surface area (Å²) in [6, 6.07) is 8.88. The van der Waals surface area contributed by atoms with Gasteiger partial charge in [-0.1, -0.05) is 12.1 Å². The van der Waals surface area contributed by atoms with Crippen LogP contribution in [-0.2, 0) is 9.59 Å². The van der Waals surface area contributed by atoms with Crippen LogP contribution < -0.4 is 0 Å². The Balaban J connectivity index is 2.35. The second kappa shape index (κ2) is 6.26. The predicted octanol–water partition coefficient (Wildman–Crippen LogP) is 2.79. The van der Waals surface area contributed by atoms with E-state index in [1.165, 1.54) is 12.1 Å². The first-order chi connectivity index (χ1) is 10.4. The third-order valence-electron chi connectivity index (χ3n) is 3.29. The van der Waals surface area contributed by atoms with Gasteiger partial charge in [0, 0.05) is 12.3 Å². The molecule has 1 aromatic heterocycles. The fraction of sp³-hybridized carbons (Fsp3) is 0.125. The molecule has 1 aromatic carbocycles. The van der Waals surface area contributed by atoms with Gasteiger partial charge >= 0.3 is 5.97 Å². The number of carboxylic acid groups (broad SMARTS) is 1. The summed E-state index contributed by atoms with van der Waals surface area (Å²) in [6.07, 6.45) is 2.34. The lowest BCUT2D eigenvalue weighted by Gasteiger charge is -2.17. The van der Waals surface area contributed by atoms with E-state index in [1.54, 1.807) is 35.0 Å². The molecule has 0 fully saturated rings. The number of aliphatic hydroxyl groups excluding tert-OH is 1. The number of nitrogens with zero attached hydrogens (tertiary/aromatic N) is 1. The molecule has 0 aliphatic rings. The lowest BCUT2D eigenvalue weighted by atomic mass is 10.1. The number of aromatic nitrogens is 1. The van der Waals surface area contributed by atoms with Crippen LogP contribution in [0.25, 0.3) is 5.76 Å². The quantitative estimate of drug-likeness (QED) is 0.506. The van der Waals surface area contributed by atoms with Gasteiger partial charge in [0.15, 0.2) is 0 Å². The zero-order chi connectivity index (χ0) is 16.3. The van der Waals surface area contributed by atoms with Gasteiger partial charge in [0.25, 0.3) is 5.78 Å². The van der Waals surface area contributed by atoms with Gasteiger partial charge in [-0.25, -0.2) is 9.18 Å². The highest BCUT2D eigenvalue weighted by Crippen LogP contribution is 2.23. The van der Waals surface area contributed by atoms with E-state index in [0.717, 1.165) is 5.56 Å². The van der Waals surface area contributed by atoms with Crippen molar-refractivity contribution in [2.24, 2.45) is 0 Å². The molecule has 114 valence electrons. The van der Waals surface area contributed by atoms with Gasteiger partial charge in [0.1, 0.15) is 11.6 Å². The van der Waals surface area contributed by atoms with Crippen LogP contribution in [0, 0.1) is 5.82 Å². The van der Waals surface area contributed by atoms with Crippen molar-refractivity contribution >= 4 is 17.5 Å². The second-order valence-electron chi connectivity index (χ2n) is 4.73. The van der Waals surface area contributed by atoms with Gasteiger partial charge in [-0.2, -0.15) is 0 Å². The van der Waals surface area contributed by atoms with Crippen LogP contribution in [0.5, 0.6) is 0 Å². The first-order valence-corrected chi connectivity index (χ1v) is 6.50. The van der Waals surface area contributed by atoms with Gasteiger partial charge in [-0.05, 0) is 36.8 Å². The van der Waals surface area contributed by atoms with E-state index in [-0.39, 0.29) is 11.9 Å². The number of hydrogen-bond donors (Lipinski definition) is 2. The van der Waals surface area contributed by atoms with Crippen LogP contribution >= 0.6 is 0 Å². The molecule has 0 bridgehead atoms. The predicted molar refractivity (Wildman–Crippen MR) is 77.9 cm³/mol. The summed E-state index contributed by atoms with van der Waals surface area (Å²) >= 11 is 0. The van der Waals surface area contributed by atoms with Gasteiger partial charge in [0.05, 0.1) is 11.7 Å². The fourth-order valence-corrected chi connectivity index (χ4v) is 2.11. The molecule has 5 nitrogen and oxygen atoms in total. The maximum Gasteiger partial charge on any atom is 0.376 e. The standard InChI is InChI=1S/C16H14FNO4/c1-10(11-4-6-12(17)7-5-11)18-8-2-3-13(18)14(19)9-15(20)16(21)22/h2-10,19H,1H3,(H,21,22)/b14-9-. The molecule has 0 aliphatic carbocycles. The summed E-state index contributed by atoms with van der Waals surface area (Å²) in [6.45, 7) is 1.84. The number of aliphatic hydroxyl groups is 1. The molecule has 1 atom stereocenters. The van der Waals surface area contributed by atoms with Crippen molar-refractivity contribution in [1.82, 2.24) is 4.57 Å². The molecule has 2 rings (SSSR count). The van der Waals surface area contributed by atoms with Gasteiger partial charge < -0.3 is 14.8 Å². The SMILES string of the molecule is CC(c1ccc(F)cc1)n1cccc1/C(O)=C/C(=O)C(=O)O. The highest BCUT2D eigenvalue weighted by molar-refractivity contribution is 6.38. The molecule has 0 saturated heterocycles. The molecule has 1 unspecified atom stereocenters. The third kappa shape index (κ3) is 3.22. The lowest BCUT2D eigenvalue weighted by Crippen LogP contribution is -2.12. The number of benzene rings is 1. The molecule has 0 amide bonds. The van der Waals surface area contributed by atoms with Crippen LogP contribution in [0.2, 0.25) is 0 Å². The topological polar surface area (TPSA) is 79.5 Å². The van der Waals surface area contributed by atoms with E-state index in [2.05, 4.69) is 0 Å². The molecule has 0 spiro atoms. The molecule has 0 aliphatic heterocycles. The Labute approximate surface area is 125 Å². The Hall–Kier alpha value is -2.89. The van der Waals surface area contributed by atoms with Crippen molar-refractivity contribution in [2.75, 3.05) is 0 Å². The van der Waals surface area contributed by atoms with Crippen molar-refractivity contribution < 1.29 is 24.2 Å². The first kappa shape index (κ1) is 15.5. The maximum absolute atomic E-state index is 13.0. The molecular formula is C16H14FNO4. The summed E-state index contributed by atoms with van der Waals surface area (Å²) in [5, 5.41) is 18.5. The summed E-state index contributed by atoms with van der Waals surface area (Å²) in [5.41, 5.74) is 1.10. The third-order valence-corrected chi connectivity index (χ3v) is 3.29. The van der Waals surface area contributed by atoms with Crippen LogP contribution in [0.4, 0.5) is 4.39 Å². The van der Waals surface area contributed by atoms with Crippen molar-refractivity contribution in [2.45, 2.75) is 13.0 Å². The lowest BCUT2D eigenvalue weighted by molar-refractivity contribution is -0.146. The zero-order valence-electron chi connectivity index (χ0n) is 11.7. The molecule has 2 aromatic rings. The van der Waals surface area contributed by atoms with Gasteiger partial charge in [-0.3, -0.25) is 4.79 Å². The fourth-order valence-electron chi connectivity index (χ4n) is 2.11. The van der Waals surface area contributed by atoms with Crippen molar-refractivity contribution in [3.63, 3.8) is 0 Å². The van der Waals surface area contributed by atoms with Crippen molar-refractivity contribution in [3.05, 3.63) is 65.7 Å². The molecular weight excluding hydrogens is 289 g/mol. The number of hydrogen-bond acceptors (Lipinski definition) is 3. The summed E-state index contributed by atoms with van der Waals surface area (Å²) in [5.74, 6) is -3.64. The van der Waals surface area contributed by atoms with Crippen LogP contribution in [0.3, 0.4) is 0 Å². The Morgan fingerprint density at radius 2 is 1.82 bits per heavy atom. The van der Waals surface area contributed by atoms with E-state index < -0.39 is 17.5 Å². The monoisotopic (exact) mass is 303 g/mol. The molecule has 0 saturated carbocycles. The molecule has 0 radical (unpaired) electrons. The first-order valence-electron chi connectivity index (χ1n) is 6.50. The largest absolute Gasteiger partial charge is 0.506 e. The zero-order valence-corrected chi connectivity index (χ0v) is 11.7. The highest BCUT2D eigenvalue weighted by Gasteiger charge is 2.16. The molecule has 1 heterocycles. The number of ketones is 1. The number of aliphatic carboxylic acids is 1. The van der Waals surface area contributed by atoms with E-state index in [1.807, 2.05) is 6.92 Å². The average molecular weight is 303 g/mol. The molecule has 22 heavy (non-hydrogen) atoms. The highest BCUT2D eigenvalue weighted by atomic mass is 19.1. The maximum atomic E-state index is 13.0. The van der Waals surface area contributed by atoms with Crippen molar-refractivity contribution in [1.29, 1.82) is 0 Å². The minimum absolute atomic E-state index is 0.235. The van der Waals surface area contributed by atoms with E-state index in [0.29, 0.717) is 11.8 Å². The van der Waals surface area contributed by atoms with E-state index in [4.69, 9.17) is 5.11 Å². The normalized spacial score (nSPS) is 12.9. The van der Waals surface area contributed by atoms with Crippen molar-refractivity contribution in [3.8, 4) is 0 Å². The molecule has 6 heteroatoms. The average Bonchev–Trinajstić information content (AvgIpc) is 2.96. The van der Waals surface area contributed by atoms with Gasteiger partial charge in [-0.15, -0.1) is 0 Å². The Morgan fingerprint density at radius 1 is 1.18 bits per heavy atom. The summed E-state index contributed by atoms with van der Waals surface area (Å²) < 4.78 is 14.6. The van der Waals surface area contributed by atoms with Crippen LogP contribution in [0.15, 0.2) is 48.7 Å². The summed E-state index contributed by atoms with van der Waals surface area (Å²) in [4.78, 5) is 21.7. The van der Waals surface area contributed by atoms with E-state index >= 15 is 0 Å². The number of carboxylic acids is 1. The smallest absolute Gasteiger partial charge is 0.376 e. The minimum Gasteiger partial charge on any atom is -0.506 e. The van der Waals surface area contributed by atoms with Crippen LogP contribution in [0.1, 0.15) is 24.2 Å². The number of rotatable bonds is 5. The Bertz CT molecular complexity index is 731. The number of carbonyl (C=O) groups excluding carboxylic acids is 1. The Morgan fingerprint density at radius 3 is 2.41 bits per heavy atom. The van der Waals surface area contributed by atoms with Gasteiger partial charge in [0.2, 0.25) is 0 Å². The minimum atomic E-state index is -1.64. The second-order valence-corrected chi connectivity index (χ2v) is 4.73.